The molecule has 1 aliphatic heterocycles. The molecular formula is C30H37N5O4. The molecule has 3 aromatic rings. The van der Waals surface area contributed by atoms with E-state index in [4.69, 9.17) is 9.47 Å². The van der Waals surface area contributed by atoms with E-state index in [1.54, 1.807) is 19.1 Å². The van der Waals surface area contributed by atoms with Gasteiger partial charge in [0, 0.05) is 44.7 Å². The zero-order chi connectivity index (χ0) is 27.8. The lowest BCUT2D eigenvalue weighted by Gasteiger charge is -2.36. The first-order chi connectivity index (χ1) is 18.9. The number of rotatable bonds is 10. The zero-order valence-electron chi connectivity index (χ0n) is 23.2. The summed E-state index contributed by atoms with van der Waals surface area (Å²) in [6.07, 6.45) is 0.422. The van der Waals surface area contributed by atoms with Crippen LogP contribution in [0.4, 0.5) is 5.82 Å². The number of aromatic nitrogens is 2. The van der Waals surface area contributed by atoms with Crippen LogP contribution in [0.1, 0.15) is 25.8 Å². The van der Waals surface area contributed by atoms with Gasteiger partial charge in [-0.2, -0.15) is 0 Å². The number of hydrogen-bond acceptors (Lipinski definition) is 7. The van der Waals surface area contributed by atoms with Crippen LogP contribution in [0.5, 0.6) is 11.5 Å². The molecule has 2 aromatic carbocycles. The van der Waals surface area contributed by atoms with Crippen molar-refractivity contribution in [2.45, 2.75) is 26.8 Å². The molecule has 0 unspecified atom stereocenters. The molecule has 2 heterocycles. The number of anilines is 1. The largest absolute Gasteiger partial charge is 0.493 e. The van der Waals surface area contributed by atoms with Crippen LogP contribution in [0.15, 0.2) is 60.7 Å². The Hall–Kier alpha value is -4.14. The number of carbonyl (C=O) groups is 2. The van der Waals surface area contributed by atoms with E-state index < -0.39 is 0 Å². The summed E-state index contributed by atoms with van der Waals surface area (Å²) in [5, 5.41) is 8.86. The van der Waals surface area contributed by atoms with E-state index in [2.05, 4.69) is 15.1 Å². The minimum Gasteiger partial charge on any atom is -0.493 e. The van der Waals surface area contributed by atoms with Crippen LogP contribution in [0.2, 0.25) is 0 Å². The summed E-state index contributed by atoms with van der Waals surface area (Å²) in [4.78, 5) is 31.8. The molecule has 2 amide bonds. The average Bonchev–Trinajstić information content (AvgIpc) is 2.96. The maximum absolute atomic E-state index is 13.2. The second-order valence-electron chi connectivity index (χ2n) is 10.0. The van der Waals surface area contributed by atoms with Gasteiger partial charge in [0.05, 0.1) is 19.9 Å². The van der Waals surface area contributed by atoms with Crippen molar-refractivity contribution in [3.8, 4) is 22.8 Å². The maximum Gasteiger partial charge on any atom is 0.242 e. The molecule has 1 aliphatic rings. The Morgan fingerprint density at radius 3 is 2.23 bits per heavy atom. The van der Waals surface area contributed by atoms with Crippen molar-refractivity contribution in [3.63, 3.8) is 0 Å². The molecule has 1 aromatic heterocycles. The van der Waals surface area contributed by atoms with Gasteiger partial charge in [0.2, 0.25) is 11.8 Å². The van der Waals surface area contributed by atoms with E-state index in [1.807, 2.05) is 79.4 Å². The summed E-state index contributed by atoms with van der Waals surface area (Å²) in [7, 11) is 3.21. The molecule has 1 fully saturated rings. The highest BCUT2D eigenvalue weighted by Crippen LogP contribution is 2.31. The number of ether oxygens (including phenoxy) is 2. The maximum atomic E-state index is 13.2. The Morgan fingerprint density at radius 2 is 1.62 bits per heavy atom. The second kappa shape index (κ2) is 13.1. The molecule has 1 saturated heterocycles. The number of amides is 2. The Bertz CT molecular complexity index is 1240. The van der Waals surface area contributed by atoms with Crippen molar-refractivity contribution in [1.82, 2.24) is 20.0 Å². The molecule has 0 aliphatic carbocycles. The van der Waals surface area contributed by atoms with Crippen LogP contribution in [0.3, 0.4) is 0 Å². The standard InChI is InChI=1S/C30H37N5O4/c1-22(2)18-29(36)35(20-23-8-6-5-7-9-23)21-30(37)34-16-14-33(15-17-34)28-13-11-25(31-32-28)24-10-12-26(38-3)27(19-24)39-4/h5-13,19,22H,14-18,20-21H2,1-4H3. The molecular weight excluding hydrogens is 494 g/mol. The molecule has 0 bridgehead atoms. The average molecular weight is 532 g/mol. The van der Waals surface area contributed by atoms with Gasteiger partial charge in [-0.15, -0.1) is 10.2 Å². The smallest absolute Gasteiger partial charge is 0.242 e. The van der Waals surface area contributed by atoms with Crippen LogP contribution in [0, 0.1) is 5.92 Å². The number of carbonyl (C=O) groups excluding carboxylic acids is 2. The van der Waals surface area contributed by atoms with E-state index in [9.17, 15) is 9.59 Å². The summed E-state index contributed by atoms with van der Waals surface area (Å²) in [6, 6.07) is 19.3. The lowest BCUT2D eigenvalue weighted by atomic mass is 10.1. The molecule has 9 nitrogen and oxygen atoms in total. The fourth-order valence-electron chi connectivity index (χ4n) is 4.61. The van der Waals surface area contributed by atoms with Crippen LogP contribution < -0.4 is 14.4 Å². The first kappa shape index (κ1) is 27.9. The summed E-state index contributed by atoms with van der Waals surface area (Å²) in [5.74, 6) is 2.27. The molecule has 39 heavy (non-hydrogen) atoms. The Kier molecular flexibility index (Phi) is 9.35. The molecule has 0 N–H and O–H groups in total. The van der Waals surface area contributed by atoms with E-state index in [0.29, 0.717) is 50.6 Å². The highest BCUT2D eigenvalue weighted by molar-refractivity contribution is 5.85. The van der Waals surface area contributed by atoms with Crippen molar-refractivity contribution >= 4 is 17.6 Å². The summed E-state index contributed by atoms with van der Waals surface area (Å²) < 4.78 is 10.7. The Morgan fingerprint density at radius 1 is 0.897 bits per heavy atom. The highest BCUT2D eigenvalue weighted by Gasteiger charge is 2.26. The Balaban J connectivity index is 1.35. The predicted octanol–water partition coefficient (Wildman–Crippen LogP) is 3.88. The van der Waals surface area contributed by atoms with Crippen LogP contribution >= 0.6 is 0 Å². The Labute approximate surface area is 230 Å². The van der Waals surface area contributed by atoms with Crippen molar-refractivity contribution in [2.24, 2.45) is 5.92 Å². The lowest BCUT2D eigenvalue weighted by molar-refractivity contribution is -0.141. The van der Waals surface area contributed by atoms with Crippen molar-refractivity contribution in [2.75, 3.05) is 51.8 Å². The molecule has 0 radical (unpaired) electrons. The third-order valence-electron chi connectivity index (χ3n) is 6.76. The number of piperazine rings is 1. The topological polar surface area (TPSA) is 88.1 Å². The van der Waals surface area contributed by atoms with Crippen LogP contribution in [-0.4, -0.2) is 78.8 Å². The molecule has 0 saturated carbocycles. The molecule has 0 spiro atoms. The normalized spacial score (nSPS) is 13.4. The first-order valence-corrected chi connectivity index (χ1v) is 13.3. The van der Waals surface area contributed by atoms with Gasteiger partial charge in [-0.05, 0) is 41.8 Å². The number of nitrogens with zero attached hydrogens (tertiary/aromatic N) is 5. The van der Waals surface area contributed by atoms with Gasteiger partial charge in [-0.3, -0.25) is 9.59 Å². The van der Waals surface area contributed by atoms with Gasteiger partial charge < -0.3 is 24.2 Å². The van der Waals surface area contributed by atoms with Gasteiger partial charge in [0.1, 0.15) is 6.54 Å². The number of methoxy groups -OCH3 is 2. The van der Waals surface area contributed by atoms with Crippen LogP contribution in [-0.2, 0) is 16.1 Å². The SMILES string of the molecule is COc1ccc(-c2ccc(N3CCN(C(=O)CN(Cc4ccccc4)C(=O)CC(C)C)CC3)nn2)cc1OC. The van der Waals surface area contributed by atoms with Crippen molar-refractivity contribution < 1.29 is 19.1 Å². The third-order valence-corrected chi connectivity index (χ3v) is 6.76. The van der Waals surface area contributed by atoms with E-state index in [1.165, 1.54) is 0 Å². The van der Waals surface area contributed by atoms with Gasteiger partial charge in [-0.25, -0.2) is 0 Å². The number of benzene rings is 2. The summed E-state index contributed by atoms with van der Waals surface area (Å²) >= 11 is 0. The number of hydrogen-bond donors (Lipinski definition) is 0. The monoisotopic (exact) mass is 531 g/mol. The van der Waals surface area contributed by atoms with E-state index >= 15 is 0 Å². The lowest BCUT2D eigenvalue weighted by Crippen LogP contribution is -2.52. The van der Waals surface area contributed by atoms with Crippen molar-refractivity contribution in [3.05, 3.63) is 66.2 Å². The van der Waals surface area contributed by atoms with Gasteiger partial charge in [-0.1, -0.05) is 44.2 Å². The molecule has 206 valence electrons. The second-order valence-corrected chi connectivity index (χ2v) is 10.0. The van der Waals surface area contributed by atoms with Gasteiger partial charge in [0.15, 0.2) is 17.3 Å². The highest BCUT2D eigenvalue weighted by atomic mass is 16.5. The molecule has 0 atom stereocenters. The minimum absolute atomic E-state index is 0.00526. The fourth-order valence-corrected chi connectivity index (χ4v) is 4.61. The zero-order valence-corrected chi connectivity index (χ0v) is 23.2. The van der Waals surface area contributed by atoms with Crippen LogP contribution in [0.25, 0.3) is 11.3 Å². The predicted molar refractivity (Wildman–Crippen MR) is 151 cm³/mol. The van der Waals surface area contributed by atoms with Gasteiger partial charge in [0.25, 0.3) is 0 Å². The minimum atomic E-state index is -0.0300. The quantitative estimate of drug-likeness (QED) is 0.392. The summed E-state index contributed by atoms with van der Waals surface area (Å²) in [5.41, 5.74) is 2.63. The first-order valence-electron chi connectivity index (χ1n) is 13.3. The summed E-state index contributed by atoms with van der Waals surface area (Å²) in [6.45, 7) is 6.97. The molecule has 4 rings (SSSR count). The van der Waals surface area contributed by atoms with E-state index in [0.717, 1.165) is 22.6 Å². The van der Waals surface area contributed by atoms with Gasteiger partial charge >= 0.3 is 0 Å². The fraction of sp³-hybridized carbons (Fsp3) is 0.400. The third kappa shape index (κ3) is 7.25. The molecule has 9 heteroatoms. The van der Waals surface area contributed by atoms with Crippen molar-refractivity contribution in [1.29, 1.82) is 0 Å². The van der Waals surface area contributed by atoms with E-state index in [-0.39, 0.29) is 24.3 Å².